The van der Waals surface area contributed by atoms with Crippen molar-refractivity contribution in [3.8, 4) is 23.1 Å². The number of halogens is 2. The summed E-state index contributed by atoms with van der Waals surface area (Å²) in [5, 5.41) is 18.5. The first-order chi connectivity index (χ1) is 22.8. The summed E-state index contributed by atoms with van der Waals surface area (Å²) in [6.07, 6.45) is 5.61. The number of piperazine rings is 1. The lowest BCUT2D eigenvalue weighted by Crippen LogP contribution is -2.51. The fraction of sp³-hybridized carbons (Fsp3) is 0.364. The van der Waals surface area contributed by atoms with Gasteiger partial charge in [0.1, 0.15) is 12.7 Å². The molecule has 2 fully saturated rings. The van der Waals surface area contributed by atoms with Crippen LogP contribution in [-0.2, 0) is 9.53 Å². The van der Waals surface area contributed by atoms with Crippen molar-refractivity contribution in [3.05, 3.63) is 71.7 Å². The number of aryl methyl sites for hydroxylation is 1. The molecular weight excluding hydrogens is 610 g/mol. The number of piperidine rings is 1. The van der Waals surface area contributed by atoms with Crippen molar-refractivity contribution in [2.45, 2.75) is 25.8 Å². The highest BCUT2D eigenvalue weighted by Crippen LogP contribution is 2.32. The second-order valence-electron chi connectivity index (χ2n) is 11.5. The van der Waals surface area contributed by atoms with Crippen LogP contribution in [0.5, 0.6) is 5.75 Å². The van der Waals surface area contributed by atoms with Crippen molar-refractivity contribution in [2.75, 3.05) is 51.3 Å². The summed E-state index contributed by atoms with van der Waals surface area (Å²) in [4.78, 5) is 36.6. The average Bonchev–Trinajstić information content (AvgIpc) is 3.53. The zero-order valence-corrected chi connectivity index (χ0v) is 25.8. The number of anilines is 2. The second-order valence-corrected chi connectivity index (χ2v) is 11.5. The predicted octanol–water partition coefficient (Wildman–Crippen LogP) is 3.59. The maximum Gasteiger partial charge on any atom is 0.309 e. The number of nitrogens with one attached hydrogen (secondary N) is 3. The number of carbonyl (C=O) groups is 2. The van der Waals surface area contributed by atoms with E-state index in [1.54, 1.807) is 33.7 Å². The first-order valence-electron chi connectivity index (χ1n) is 15.4. The van der Waals surface area contributed by atoms with Gasteiger partial charge in [0.2, 0.25) is 5.82 Å². The number of imidazole rings is 1. The van der Waals surface area contributed by atoms with Crippen LogP contribution in [0.3, 0.4) is 0 Å². The Morgan fingerprint density at radius 1 is 1.13 bits per heavy atom. The normalized spacial score (nSPS) is 16.9. The Balaban J connectivity index is 1.10. The number of rotatable bonds is 9. The largest absolute Gasteiger partial charge is 0.476 e. The number of hydrogen-bond acceptors (Lipinski definition) is 10. The third-order valence-corrected chi connectivity index (χ3v) is 8.43. The van der Waals surface area contributed by atoms with E-state index in [4.69, 9.17) is 14.7 Å². The summed E-state index contributed by atoms with van der Waals surface area (Å²) in [5.41, 5.74) is 2.60. The monoisotopic (exact) mass is 644 g/mol. The van der Waals surface area contributed by atoms with Crippen LogP contribution < -0.4 is 20.7 Å². The van der Waals surface area contributed by atoms with Crippen LogP contribution in [-0.4, -0.2) is 83.1 Å². The fourth-order valence-electron chi connectivity index (χ4n) is 5.90. The number of aromatic nitrogens is 3. The third-order valence-electron chi connectivity index (χ3n) is 8.43. The number of nitrogens with zero attached hydrogens (tertiary/aromatic N) is 5. The van der Waals surface area contributed by atoms with E-state index >= 15 is 0 Å². The van der Waals surface area contributed by atoms with E-state index in [-0.39, 0.29) is 35.1 Å². The van der Waals surface area contributed by atoms with Gasteiger partial charge in [0.15, 0.2) is 29.6 Å². The van der Waals surface area contributed by atoms with Gasteiger partial charge in [-0.15, -0.1) is 0 Å². The molecule has 0 saturated carbocycles. The van der Waals surface area contributed by atoms with Crippen LogP contribution >= 0.6 is 0 Å². The van der Waals surface area contributed by atoms with Crippen molar-refractivity contribution in [1.29, 1.82) is 5.26 Å². The molecule has 4 heterocycles. The van der Waals surface area contributed by atoms with Crippen molar-refractivity contribution in [2.24, 2.45) is 5.92 Å². The highest BCUT2D eigenvalue weighted by atomic mass is 19.2. The van der Waals surface area contributed by atoms with Gasteiger partial charge >= 0.3 is 5.97 Å². The van der Waals surface area contributed by atoms with Crippen molar-refractivity contribution < 1.29 is 27.8 Å². The standard InChI is InChI=1S/C33H34F2N8O4/c1-20-16-22(2-3-24(20)32(44)42-12-6-21(7-13-42)33(45)47-19-23-17-37-9-10-38-23)41-30-31-40-18-26(43(31)14-11-39-30)25-4-5-27(46-15-8-36)29(35)28(25)34/h2-5,11,14,16,18,21,23,37-38H,6-7,9-10,12-13,15,17,19H2,1H3,(H,39,41)/t23-/m0/s1. The van der Waals surface area contributed by atoms with Crippen LogP contribution in [0.25, 0.3) is 16.9 Å². The molecule has 2 aromatic carbocycles. The molecule has 1 amide bonds. The SMILES string of the molecule is Cc1cc(Nc2nccn3c(-c4ccc(OCC#N)c(F)c4F)cnc23)ccc1C(=O)N1CCC(C(=O)OC[C@@H]2CNCCN2)CC1. The molecule has 0 bridgehead atoms. The average molecular weight is 645 g/mol. The number of ether oxygens (including phenoxy) is 2. The molecule has 2 aliphatic rings. The molecule has 4 aromatic rings. The summed E-state index contributed by atoms with van der Waals surface area (Å²) in [7, 11) is 0. The molecule has 2 aromatic heterocycles. The smallest absolute Gasteiger partial charge is 0.309 e. The first-order valence-corrected chi connectivity index (χ1v) is 15.4. The quantitative estimate of drug-likeness (QED) is 0.231. The number of benzene rings is 2. The molecule has 14 heteroatoms. The summed E-state index contributed by atoms with van der Waals surface area (Å²) in [6.45, 7) is 5.24. The minimum Gasteiger partial charge on any atom is -0.476 e. The number of nitriles is 1. The molecule has 1 atom stereocenters. The number of likely N-dealkylation sites (tertiary alicyclic amines) is 1. The van der Waals surface area contributed by atoms with Crippen LogP contribution in [0.4, 0.5) is 20.3 Å². The van der Waals surface area contributed by atoms with Gasteiger partial charge in [-0.25, -0.2) is 14.4 Å². The number of esters is 1. The lowest BCUT2D eigenvalue weighted by atomic mass is 9.96. The van der Waals surface area contributed by atoms with E-state index < -0.39 is 18.2 Å². The molecule has 2 aliphatic heterocycles. The molecule has 2 saturated heterocycles. The van der Waals surface area contributed by atoms with Crippen LogP contribution in [0, 0.1) is 35.8 Å². The second kappa shape index (κ2) is 14.1. The fourth-order valence-corrected chi connectivity index (χ4v) is 5.90. The molecule has 244 valence electrons. The van der Waals surface area contributed by atoms with E-state index in [2.05, 4.69) is 25.9 Å². The van der Waals surface area contributed by atoms with Crippen LogP contribution in [0.2, 0.25) is 0 Å². The molecule has 3 N–H and O–H groups in total. The van der Waals surface area contributed by atoms with Crippen molar-refractivity contribution >= 4 is 29.0 Å². The molecular formula is C33H34F2N8O4. The summed E-state index contributed by atoms with van der Waals surface area (Å²) in [6, 6.07) is 9.81. The van der Waals surface area contributed by atoms with Crippen LogP contribution in [0.1, 0.15) is 28.8 Å². The van der Waals surface area contributed by atoms with E-state index in [1.807, 2.05) is 13.0 Å². The van der Waals surface area contributed by atoms with Crippen molar-refractivity contribution in [1.82, 2.24) is 29.9 Å². The number of fused-ring (bicyclic) bond motifs is 1. The van der Waals surface area contributed by atoms with Gasteiger partial charge in [-0.3, -0.25) is 14.0 Å². The lowest BCUT2D eigenvalue weighted by Gasteiger charge is -2.32. The Labute approximate surface area is 269 Å². The summed E-state index contributed by atoms with van der Waals surface area (Å²) < 4.78 is 41.7. The van der Waals surface area contributed by atoms with Gasteiger partial charge < -0.3 is 30.3 Å². The van der Waals surface area contributed by atoms with Gasteiger partial charge in [-0.1, -0.05) is 0 Å². The van der Waals surface area contributed by atoms with Crippen LogP contribution in [0.15, 0.2) is 48.9 Å². The maximum absolute atomic E-state index is 15.0. The molecule has 0 unspecified atom stereocenters. The lowest BCUT2D eigenvalue weighted by molar-refractivity contribution is -0.150. The van der Waals surface area contributed by atoms with E-state index in [9.17, 15) is 18.4 Å². The van der Waals surface area contributed by atoms with E-state index in [1.165, 1.54) is 24.5 Å². The molecule has 12 nitrogen and oxygen atoms in total. The number of amides is 1. The summed E-state index contributed by atoms with van der Waals surface area (Å²) in [5.74, 6) is -2.84. The summed E-state index contributed by atoms with van der Waals surface area (Å²) >= 11 is 0. The van der Waals surface area contributed by atoms with Gasteiger partial charge in [0.25, 0.3) is 5.91 Å². The van der Waals surface area contributed by atoms with Gasteiger partial charge in [0, 0.05) is 61.9 Å². The Hall–Kier alpha value is -5.13. The zero-order valence-electron chi connectivity index (χ0n) is 25.8. The maximum atomic E-state index is 15.0. The molecule has 47 heavy (non-hydrogen) atoms. The Morgan fingerprint density at radius 2 is 1.96 bits per heavy atom. The first kappa shape index (κ1) is 31.8. The molecule has 0 aliphatic carbocycles. The Morgan fingerprint density at radius 3 is 2.70 bits per heavy atom. The number of carbonyl (C=O) groups excluding carboxylic acids is 2. The van der Waals surface area contributed by atoms with E-state index in [0.29, 0.717) is 60.9 Å². The zero-order chi connectivity index (χ0) is 32.9. The Kier molecular flexibility index (Phi) is 9.55. The van der Waals surface area contributed by atoms with Crippen molar-refractivity contribution in [3.63, 3.8) is 0 Å². The number of hydrogen-bond donors (Lipinski definition) is 3. The highest BCUT2D eigenvalue weighted by Gasteiger charge is 2.30. The molecule has 6 rings (SSSR count). The molecule has 0 radical (unpaired) electrons. The predicted molar refractivity (Wildman–Crippen MR) is 168 cm³/mol. The van der Waals surface area contributed by atoms with Gasteiger partial charge in [-0.05, 0) is 55.7 Å². The minimum absolute atomic E-state index is 0.0367. The van der Waals surface area contributed by atoms with E-state index in [0.717, 1.165) is 25.2 Å². The highest BCUT2D eigenvalue weighted by molar-refractivity contribution is 5.96. The minimum atomic E-state index is -1.20. The van der Waals surface area contributed by atoms with Gasteiger partial charge in [-0.2, -0.15) is 9.65 Å². The molecule has 0 spiro atoms. The topological polar surface area (TPSA) is 146 Å². The van der Waals surface area contributed by atoms with Gasteiger partial charge in [0.05, 0.1) is 23.9 Å². The Bertz CT molecular complexity index is 1830. The third kappa shape index (κ3) is 6.86.